The summed E-state index contributed by atoms with van der Waals surface area (Å²) in [6.07, 6.45) is 2.27. The highest BCUT2D eigenvalue weighted by Gasteiger charge is 2.17. The van der Waals surface area contributed by atoms with E-state index in [4.69, 9.17) is 0 Å². The summed E-state index contributed by atoms with van der Waals surface area (Å²) in [5.41, 5.74) is 2.67. The maximum absolute atomic E-state index is 14.2. The van der Waals surface area contributed by atoms with Gasteiger partial charge in [0.25, 0.3) is 0 Å². The van der Waals surface area contributed by atoms with E-state index < -0.39 is 0 Å². The fourth-order valence-electron chi connectivity index (χ4n) is 2.57. The zero-order valence-electron chi connectivity index (χ0n) is 10.2. The van der Waals surface area contributed by atoms with E-state index in [9.17, 15) is 4.39 Å². The van der Waals surface area contributed by atoms with Crippen LogP contribution < -0.4 is 5.32 Å². The number of hydrogen-bond donors (Lipinski definition) is 1. The molecule has 0 radical (unpaired) electrons. The largest absolute Gasteiger partial charge is 0.310 e. The molecule has 0 amide bonds. The first-order chi connectivity index (χ1) is 8.84. The predicted octanol–water partition coefficient (Wildman–Crippen LogP) is 3.92. The fourth-order valence-corrected chi connectivity index (χ4v) is 2.57. The third-order valence-corrected chi connectivity index (χ3v) is 3.54. The second kappa shape index (κ2) is 4.91. The van der Waals surface area contributed by atoms with Crippen molar-refractivity contribution in [3.8, 4) is 11.1 Å². The van der Waals surface area contributed by atoms with Crippen molar-refractivity contribution >= 4 is 0 Å². The van der Waals surface area contributed by atoms with Gasteiger partial charge in [-0.3, -0.25) is 0 Å². The van der Waals surface area contributed by atoms with Crippen LogP contribution in [0.15, 0.2) is 48.5 Å². The average Bonchev–Trinajstić information content (AvgIpc) is 2.93. The third-order valence-electron chi connectivity index (χ3n) is 3.54. The highest BCUT2D eigenvalue weighted by molar-refractivity contribution is 5.64. The van der Waals surface area contributed by atoms with E-state index in [-0.39, 0.29) is 5.82 Å². The summed E-state index contributed by atoms with van der Waals surface area (Å²) in [5, 5.41) is 3.39. The van der Waals surface area contributed by atoms with Crippen molar-refractivity contribution in [1.29, 1.82) is 0 Å². The number of benzene rings is 2. The molecular weight excluding hydrogens is 225 g/mol. The molecule has 2 aromatic rings. The molecule has 1 N–H and O–H groups in total. The normalized spacial score (nSPS) is 19.1. The lowest BCUT2D eigenvalue weighted by Crippen LogP contribution is -2.12. The van der Waals surface area contributed by atoms with Crippen LogP contribution in [0.3, 0.4) is 0 Å². The fraction of sp³-hybridized carbons (Fsp3) is 0.250. The standard InChI is InChI=1S/C16H16FN/c17-15-11-13(16-7-4-10-18-16)8-9-14(15)12-5-2-1-3-6-12/h1-3,5-6,8-9,11,16,18H,4,7,10H2/t16-/m0/s1. The monoisotopic (exact) mass is 241 g/mol. The lowest BCUT2D eigenvalue weighted by atomic mass is 9.99. The molecule has 1 heterocycles. The molecule has 1 fully saturated rings. The topological polar surface area (TPSA) is 12.0 Å². The van der Waals surface area contributed by atoms with Gasteiger partial charge in [-0.05, 0) is 36.6 Å². The summed E-state index contributed by atoms with van der Waals surface area (Å²) in [7, 11) is 0. The molecule has 1 aliphatic heterocycles. The van der Waals surface area contributed by atoms with Crippen molar-refractivity contribution in [1.82, 2.24) is 5.32 Å². The lowest BCUT2D eigenvalue weighted by Gasteiger charge is -2.12. The number of hydrogen-bond acceptors (Lipinski definition) is 1. The van der Waals surface area contributed by atoms with Crippen LogP contribution in [0.2, 0.25) is 0 Å². The second-order valence-corrected chi connectivity index (χ2v) is 4.75. The molecule has 18 heavy (non-hydrogen) atoms. The molecular formula is C16H16FN. The minimum Gasteiger partial charge on any atom is -0.310 e. The first-order valence-corrected chi connectivity index (χ1v) is 6.43. The van der Waals surface area contributed by atoms with Crippen LogP contribution in [0.4, 0.5) is 4.39 Å². The van der Waals surface area contributed by atoms with Gasteiger partial charge in [0.2, 0.25) is 0 Å². The summed E-state index contributed by atoms with van der Waals surface area (Å²) >= 11 is 0. The van der Waals surface area contributed by atoms with Crippen molar-refractivity contribution < 1.29 is 4.39 Å². The zero-order valence-corrected chi connectivity index (χ0v) is 10.2. The minimum atomic E-state index is -0.132. The molecule has 2 aromatic carbocycles. The Kier molecular flexibility index (Phi) is 3.11. The first-order valence-electron chi connectivity index (χ1n) is 6.43. The molecule has 0 bridgehead atoms. The van der Waals surface area contributed by atoms with Gasteiger partial charge in [-0.1, -0.05) is 42.5 Å². The van der Waals surface area contributed by atoms with Crippen LogP contribution in [0.5, 0.6) is 0 Å². The van der Waals surface area contributed by atoms with Gasteiger partial charge < -0.3 is 5.32 Å². The van der Waals surface area contributed by atoms with Gasteiger partial charge in [-0.15, -0.1) is 0 Å². The van der Waals surface area contributed by atoms with Crippen LogP contribution >= 0.6 is 0 Å². The summed E-state index contributed by atoms with van der Waals surface area (Å²) < 4.78 is 14.2. The molecule has 0 spiro atoms. The minimum absolute atomic E-state index is 0.132. The maximum atomic E-state index is 14.2. The van der Waals surface area contributed by atoms with Gasteiger partial charge in [0, 0.05) is 11.6 Å². The molecule has 1 nitrogen and oxygen atoms in total. The van der Waals surface area contributed by atoms with E-state index >= 15 is 0 Å². The number of nitrogens with one attached hydrogen (secondary N) is 1. The zero-order chi connectivity index (χ0) is 12.4. The number of rotatable bonds is 2. The highest BCUT2D eigenvalue weighted by atomic mass is 19.1. The first kappa shape index (κ1) is 11.4. The summed E-state index contributed by atoms with van der Waals surface area (Å²) in [6, 6.07) is 15.6. The van der Waals surface area contributed by atoms with E-state index in [1.165, 1.54) is 6.42 Å². The van der Waals surface area contributed by atoms with Crippen LogP contribution in [-0.2, 0) is 0 Å². The Labute approximate surface area is 107 Å². The van der Waals surface area contributed by atoms with E-state index in [2.05, 4.69) is 5.32 Å². The summed E-state index contributed by atoms with van der Waals surface area (Å²) in [6.45, 7) is 1.03. The van der Waals surface area contributed by atoms with E-state index in [0.29, 0.717) is 11.6 Å². The molecule has 2 heteroatoms. The van der Waals surface area contributed by atoms with Gasteiger partial charge in [0.1, 0.15) is 5.82 Å². The molecule has 0 unspecified atom stereocenters. The van der Waals surface area contributed by atoms with Gasteiger partial charge in [-0.25, -0.2) is 4.39 Å². The van der Waals surface area contributed by atoms with E-state index in [1.54, 1.807) is 6.07 Å². The maximum Gasteiger partial charge on any atom is 0.131 e. The molecule has 0 saturated carbocycles. The third kappa shape index (κ3) is 2.16. The Balaban J connectivity index is 1.94. The molecule has 1 aliphatic rings. The van der Waals surface area contributed by atoms with Gasteiger partial charge >= 0.3 is 0 Å². The lowest BCUT2D eigenvalue weighted by molar-refractivity contribution is 0.609. The Morgan fingerprint density at radius 3 is 2.56 bits per heavy atom. The van der Waals surface area contributed by atoms with E-state index in [0.717, 1.165) is 24.1 Å². The quantitative estimate of drug-likeness (QED) is 0.840. The van der Waals surface area contributed by atoms with Crippen LogP contribution in [0, 0.1) is 5.82 Å². The molecule has 92 valence electrons. The number of halogens is 1. The highest BCUT2D eigenvalue weighted by Crippen LogP contribution is 2.28. The Bertz CT molecular complexity index is 530. The molecule has 0 aromatic heterocycles. The van der Waals surface area contributed by atoms with Crippen molar-refractivity contribution in [3.05, 3.63) is 59.9 Å². The predicted molar refractivity (Wildman–Crippen MR) is 71.8 cm³/mol. The summed E-state index contributed by atoms with van der Waals surface area (Å²) in [5.74, 6) is -0.132. The van der Waals surface area contributed by atoms with Crippen molar-refractivity contribution in [2.24, 2.45) is 0 Å². The van der Waals surface area contributed by atoms with Crippen LogP contribution in [0.1, 0.15) is 24.4 Å². The molecule has 1 saturated heterocycles. The van der Waals surface area contributed by atoms with Crippen LogP contribution in [0.25, 0.3) is 11.1 Å². The van der Waals surface area contributed by atoms with Crippen molar-refractivity contribution in [2.45, 2.75) is 18.9 Å². The van der Waals surface area contributed by atoms with Gasteiger partial charge in [0.05, 0.1) is 0 Å². The molecule has 1 atom stereocenters. The smallest absolute Gasteiger partial charge is 0.131 e. The van der Waals surface area contributed by atoms with Gasteiger partial charge in [-0.2, -0.15) is 0 Å². The second-order valence-electron chi connectivity index (χ2n) is 4.75. The molecule has 3 rings (SSSR count). The van der Waals surface area contributed by atoms with Crippen molar-refractivity contribution in [3.63, 3.8) is 0 Å². The van der Waals surface area contributed by atoms with Crippen LogP contribution in [-0.4, -0.2) is 6.54 Å². The Morgan fingerprint density at radius 2 is 1.89 bits per heavy atom. The Hall–Kier alpha value is -1.67. The van der Waals surface area contributed by atoms with Gasteiger partial charge in [0.15, 0.2) is 0 Å². The average molecular weight is 241 g/mol. The van der Waals surface area contributed by atoms with E-state index in [1.807, 2.05) is 42.5 Å². The summed E-state index contributed by atoms with van der Waals surface area (Å²) in [4.78, 5) is 0. The van der Waals surface area contributed by atoms with Crippen molar-refractivity contribution in [2.75, 3.05) is 6.54 Å². The molecule has 0 aliphatic carbocycles. The Morgan fingerprint density at radius 1 is 1.06 bits per heavy atom. The SMILES string of the molecule is Fc1cc([C@@H]2CCCN2)ccc1-c1ccccc1.